The number of carboxylic acid groups (broad SMARTS) is 4. The van der Waals surface area contributed by atoms with Gasteiger partial charge in [0.05, 0.1) is 0 Å². The monoisotopic (exact) mass is 187 g/mol. The Labute approximate surface area is 96.6 Å². The zero-order valence-corrected chi connectivity index (χ0v) is 8.10. The van der Waals surface area contributed by atoms with Crippen LogP contribution in [0.15, 0.2) is 0 Å². The second-order valence-electron chi connectivity index (χ2n) is 0.500. The average Bonchev–Trinajstić information content (AvgIpc) is 1.25. The number of carbonyl (C=O) groups excluding carboxylic acids is 2. The van der Waals surface area contributed by atoms with Crippen LogP contribution in [0.25, 0.3) is 0 Å². The van der Waals surface area contributed by atoms with E-state index < -0.39 is 12.3 Å². The summed E-state index contributed by atoms with van der Waals surface area (Å²) in [6.45, 7) is 0. The van der Waals surface area contributed by atoms with Crippen molar-refractivity contribution in [2.24, 2.45) is 0 Å². The van der Waals surface area contributed by atoms with Gasteiger partial charge in [-0.05, 0) is 12.3 Å². The first-order chi connectivity index (χ1) is 3.46. The minimum Gasteiger partial charge on any atom is -0.652 e. The van der Waals surface area contributed by atoms with E-state index >= 15 is 0 Å². The van der Waals surface area contributed by atoms with Gasteiger partial charge < -0.3 is 30.0 Å². The van der Waals surface area contributed by atoms with Crippen molar-refractivity contribution in [1.82, 2.24) is 0 Å². The molecule has 6 nitrogen and oxygen atoms in total. The number of carbonyl (C=O) groups is 2. The third-order valence-corrected chi connectivity index (χ3v) is 0. The molecule has 10 heavy (non-hydrogen) atoms. The van der Waals surface area contributed by atoms with Crippen LogP contribution in [-0.4, -0.2) is 67.4 Å². The molecule has 0 rings (SSSR count). The van der Waals surface area contributed by atoms with Crippen LogP contribution in [0.3, 0.4) is 0 Å². The van der Waals surface area contributed by atoms with Gasteiger partial charge in [0.25, 0.3) is 0 Å². The van der Waals surface area contributed by atoms with Crippen molar-refractivity contribution in [2.45, 2.75) is 0 Å². The van der Waals surface area contributed by atoms with Crippen LogP contribution < -0.4 is 20.4 Å². The van der Waals surface area contributed by atoms with Gasteiger partial charge in [0.15, 0.2) is 0 Å². The Morgan fingerprint density at radius 3 is 0.800 bits per heavy atom. The van der Waals surface area contributed by atoms with Crippen LogP contribution >= 0.6 is 0 Å². The fraction of sp³-hybridized carbons (Fsp3) is 0. The number of hydrogen-bond acceptors (Lipinski definition) is 6. The maximum Gasteiger partial charge on any atom is 3.00 e. The molecule has 0 saturated carbocycles. The number of rotatable bonds is 0. The van der Waals surface area contributed by atoms with Crippen LogP contribution in [0.1, 0.15) is 0 Å². The molecule has 8 heteroatoms. The summed E-state index contributed by atoms with van der Waals surface area (Å²) in [6, 6.07) is 0. The standard InChI is InChI=1S/2CH2O3.Al.Ca/c2*2-1(3)4;;/h2*(H2,2,3,4);;/q;;+3;+2/p-4. The van der Waals surface area contributed by atoms with Gasteiger partial charge in [0.2, 0.25) is 0 Å². The molecule has 0 radical (unpaired) electrons. The summed E-state index contributed by atoms with van der Waals surface area (Å²) in [5.41, 5.74) is 0. The van der Waals surface area contributed by atoms with E-state index in [9.17, 15) is 0 Å². The van der Waals surface area contributed by atoms with Gasteiger partial charge in [-0.1, -0.05) is 0 Å². The third kappa shape index (κ3) is 4060. The first-order valence-corrected chi connectivity index (χ1v) is 1.22. The summed E-state index contributed by atoms with van der Waals surface area (Å²) in [7, 11) is 0. The summed E-state index contributed by atoms with van der Waals surface area (Å²) in [6.07, 6.45) is -4.67. The minimum absolute atomic E-state index is 0. The Kier molecular flexibility index (Phi) is 36.3. The zero-order chi connectivity index (χ0) is 7.15. The maximum atomic E-state index is 8.33. The summed E-state index contributed by atoms with van der Waals surface area (Å²) in [4.78, 5) is 16.7. The molecule has 0 bridgehead atoms. The molecule has 0 aromatic heterocycles. The predicted molar refractivity (Wildman–Crippen MR) is 22.3 cm³/mol. The summed E-state index contributed by atoms with van der Waals surface area (Å²) < 4.78 is 0. The van der Waals surface area contributed by atoms with Gasteiger partial charge in [0.1, 0.15) is 0 Å². The van der Waals surface area contributed by atoms with Gasteiger partial charge in [0, 0.05) is 0 Å². The van der Waals surface area contributed by atoms with E-state index in [0.29, 0.717) is 0 Å². The summed E-state index contributed by atoms with van der Waals surface area (Å²) in [5.74, 6) is 0. The molecule has 0 fully saturated rings. The topological polar surface area (TPSA) is 126 Å². The molecule has 48 valence electrons. The van der Waals surface area contributed by atoms with Gasteiger partial charge in [-0.2, -0.15) is 0 Å². The molecule has 0 aliphatic rings. The smallest absolute Gasteiger partial charge is 0.652 e. The van der Waals surface area contributed by atoms with Crippen LogP contribution in [0.4, 0.5) is 9.59 Å². The van der Waals surface area contributed by atoms with E-state index in [2.05, 4.69) is 0 Å². The quantitative estimate of drug-likeness (QED) is 0.348. The summed E-state index contributed by atoms with van der Waals surface area (Å²) in [5, 5.41) is 33.3. The van der Waals surface area contributed by atoms with E-state index in [-0.39, 0.29) is 55.1 Å². The Hall–Kier alpha value is 0.332. The molecule has 0 saturated heterocycles. The molecular formula is C2AlCaO6+. The van der Waals surface area contributed by atoms with Gasteiger partial charge >= 0.3 is 55.1 Å². The zero-order valence-electron chi connectivity index (χ0n) is 4.73. The van der Waals surface area contributed by atoms with Gasteiger partial charge in [-0.25, -0.2) is 0 Å². The fourth-order valence-electron chi connectivity index (χ4n) is 0. The molecule has 0 amide bonds. The molecule has 0 unspecified atom stereocenters. The summed E-state index contributed by atoms with van der Waals surface area (Å²) >= 11 is 0. The van der Waals surface area contributed by atoms with Gasteiger partial charge in [-0.3, -0.25) is 0 Å². The second-order valence-corrected chi connectivity index (χ2v) is 0.500. The van der Waals surface area contributed by atoms with E-state index in [4.69, 9.17) is 30.0 Å². The van der Waals surface area contributed by atoms with E-state index in [1.54, 1.807) is 0 Å². The Bertz CT molecular complexity index is 73.7. The molecular weight excluding hydrogens is 187 g/mol. The van der Waals surface area contributed by atoms with Crippen molar-refractivity contribution in [2.75, 3.05) is 0 Å². The van der Waals surface area contributed by atoms with Crippen LogP contribution in [0.2, 0.25) is 0 Å². The van der Waals surface area contributed by atoms with Crippen molar-refractivity contribution in [1.29, 1.82) is 0 Å². The SMILES string of the molecule is O=C([O-])[O-].O=C([O-])[O-].[Al+3].[Ca+2]. The third-order valence-electron chi connectivity index (χ3n) is 0. The molecule has 0 heterocycles. The molecule has 0 aliphatic heterocycles. The van der Waals surface area contributed by atoms with Crippen molar-refractivity contribution in [3.05, 3.63) is 0 Å². The molecule has 0 aromatic carbocycles. The Balaban J connectivity index is -0.0000000300. The normalized spacial score (nSPS) is 4.80. The second kappa shape index (κ2) is 16.2. The first kappa shape index (κ1) is 22.4. The predicted octanol–water partition coefficient (Wildman–Crippen LogP) is -5.66. The maximum absolute atomic E-state index is 8.33. The largest absolute Gasteiger partial charge is 3.00 e. The Morgan fingerprint density at radius 2 is 0.800 bits per heavy atom. The van der Waals surface area contributed by atoms with Crippen molar-refractivity contribution in [3.63, 3.8) is 0 Å². The van der Waals surface area contributed by atoms with E-state index in [1.165, 1.54) is 0 Å². The minimum atomic E-state index is -2.33. The van der Waals surface area contributed by atoms with Crippen molar-refractivity contribution in [3.8, 4) is 0 Å². The van der Waals surface area contributed by atoms with Crippen LogP contribution in [-0.2, 0) is 0 Å². The fourth-order valence-corrected chi connectivity index (χ4v) is 0. The average molecular weight is 187 g/mol. The van der Waals surface area contributed by atoms with Gasteiger partial charge in [-0.15, -0.1) is 0 Å². The van der Waals surface area contributed by atoms with Crippen LogP contribution in [0.5, 0.6) is 0 Å². The van der Waals surface area contributed by atoms with Crippen LogP contribution in [0, 0.1) is 0 Å². The molecule has 0 atom stereocenters. The van der Waals surface area contributed by atoms with E-state index in [1.807, 2.05) is 0 Å². The molecule has 0 spiro atoms. The number of hydrogen-bond donors (Lipinski definition) is 0. The molecule has 0 N–H and O–H groups in total. The molecule has 0 aromatic rings. The van der Waals surface area contributed by atoms with E-state index in [0.717, 1.165) is 0 Å². The first-order valence-electron chi connectivity index (χ1n) is 1.22. The Morgan fingerprint density at radius 1 is 0.800 bits per heavy atom. The van der Waals surface area contributed by atoms with Crippen molar-refractivity contribution < 1.29 is 30.0 Å². The molecule has 0 aliphatic carbocycles. The van der Waals surface area contributed by atoms with Crippen molar-refractivity contribution >= 4 is 67.4 Å².